The van der Waals surface area contributed by atoms with Crippen molar-refractivity contribution >= 4 is 5.97 Å². The first kappa shape index (κ1) is 14.0. The molecular weight excluding hydrogens is 250 g/mol. The van der Waals surface area contributed by atoms with E-state index in [-0.39, 0.29) is 18.4 Å². The summed E-state index contributed by atoms with van der Waals surface area (Å²) in [6.45, 7) is 6.42. The van der Waals surface area contributed by atoms with E-state index in [1.807, 2.05) is 13.8 Å². The summed E-state index contributed by atoms with van der Waals surface area (Å²) >= 11 is 0. The van der Waals surface area contributed by atoms with E-state index >= 15 is 0 Å². The summed E-state index contributed by atoms with van der Waals surface area (Å²) in [7, 11) is 0. The number of carboxylic acid groups (broad SMARTS) is 1. The second-order valence-corrected chi connectivity index (χ2v) is 5.03. The lowest BCUT2D eigenvalue weighted by atomic mass is 10.2. The summed E-state index contributed by atoms with van der Waals surface area (Å²) in [4.78, 5) is 17.1. The van der Waals surface area contributed by atoms with Gasteiger partial charge in [0.1, 0.15) is 0 Å². The summed E-state index contributed by atoms with van der Waals surface area (Å²) in [5, 5.41) is 12.7. The molecule has 0 spiro atoms. The van der Waals surface area contributed by atoms with Gasteiger partial charge in [-0.3, -0.25) is 9.69 Å². The lowest BCUT2D eigenvalue weighted by Gasteiger charge is -2.31. The minimum Gasteiger partial charge on any atom is -0.481 e. The fourth-order valence-electron chi connectivity index (χ4n) is 2.01. The zero-order chi connectivity index (χ0) is 13.8. The van der Waals surface area contributed by atoms with Crippen LogP contribution in [0.2, 0.25) is 0 Å². The molecule has 0 saturated carbocycles. The third kappa shape index (κ3) is 4.00. The van der Waals surface area contributed by atoms with Crippen LogP contribution < -0.4 is 0 Å². The van der Waals surface area contributed by atoms with E-state index < -0.39 is 5.97 Å². The Morgan fingerprint density at radius 1 is 1.58 bits per heavy atom. The molecule has 1 atom stereocenters. The lowest BCUT2D eigenvalue weighted by molar-refractivity contribution is -0.142. The third-order valence-electron chi connectivity index (χ3n) is 2.97. The highest BCUT2D eigenvalue weighted by atomic mass is 16.5. The van der Waals surface area contributed by atoms with E-state index in [9.17, 15) is 4.79 Å². The molecular formula is C12H19N3O4. The van der Waals surface area contributed by atoms with Gasteiger partial charge in [-0.25, -0.2) is 0 Å². The number of carbonyl (C=O) groups is 1. The monoisotopic (exact) mass is 269 g/mol. The molecule has 1 saturated heterocycles. The Balaban J connectivity index is 1.89. The number of ether oxygens (including phenoxy) is 1. The van der Waals surface area contributed by atoms with Crippen molar-refractivity contribution < 1.29 is 19.2 Å². The minimum absolute atomic E-state index is 0.0278. The van der Waals surface area contributed by atoms with Crippen molar-refractivity contribution in [3.8, 4) is 0 Å². The first-order chi connectivity index (χ1) is 9.04. The zero-order valence-electron chi connectivity index (χ0n) is 11.2. The van der Waals surface area contributed by atoms with E-state index in [0.717, 1.165) is 6.54 Å². The van der Waals surface area contributed by atoms with E-state index in [1.165, 1.54) is 0 Å². The van der Waals surface area contributed by atoms with Crippen molar-refractivity contribution in [3.63, 3.8) is 0 Å². The molecule has 1 aliphatic rings. The van der Waals surface area contributed by atoms with Crippen LogP contribution in [0.25, 0.3) is 0 Å². The number of aromatic nitrogens is 2. The standard InChI is InChI=1S/C12H19N3O4/c1-8(2)12-13-10(14-19-12)7-15-3-4-18-9(6-15)5-11(16)17/h8-9H,3-7H2,1-2H3,(H,16,17). The van der Waals surface area contributed by atoms with Gasteiger partial charge < -0.3 is 14.4 Å². The van der Waals surface area contributed by atoms with Crippen LogP contribution in [0.15, 0.2) is 4.52 Å². The molecule has 0 aromatic carbocycles. The van der Waals surface area contributed by atoms with Crippen LogP contribution in [0.3, 0.4) is 0 Å². The molecule has 0 bridgehead atoms. The normalized spacial score (nSPS) is 20.9. The molecule has 1 fully saturated rings. The van der Waals surface area contributed by atoms with Gasteiger partial charge in [0.2, 0.25) is 5.89 Å². The van der Waals surface area contributed by atoms with Crippen LogP contribution in [-0.4, -0.2) is 51.9 Å². The molecule has 19 heavy (non-hydrogen) atoms. The van der Waals surface area contributed by atoms with Gasteiger partial charge in [-0.1, -0.05) is 19.0 Å². The molecule has 2 heterocycles. The summed E-state index contributed by atoms with van der Waals surface area (Å²) in [6, 6.07) is 0. The summed E-state index contributed by atoms with van der Waals surface area (Å²) in [5.74, 6) is 0.643. The SMILES string of the molecule is CC(C)c1nc(CN2CCOC(CC(=O)O)C2)no1. The molecule has 1 N–H and O–H groups in total. The van der Waals surface area contributed by atoms with Gasteiger partial charge in [-0.15, -0.1) is 0 Å². The number of nitrogens with zero attached hydrogens (tertiary/aromatic N) is 3. The maximum absolute atomic E-state index is 10.7. The van der Waals surface area contributed by atoms with Gasteiger partial charge in [-0.05, 0) is 0 Å². The Morgan fingerprint density at radius 2 is 2.37 bits per heavy atom. The largest absolute Gasteiger partial charge is 0.481 e. The number of rotatable bonds is 5. The summed E-state index contributed by atoms with van der Waals surface area (Å²) < 4.78 is 10.6. The Bertz CT molecular complexity index is 432. The van der Waals surface area contributed by atoms with Gasteiger partial charge in [0, 0.05) is 19.0 Å². The highest BCUT2D eigenvalue weighted by Gasteiger charge is 2.24. The fraction of sp³-hybridized carbons (Fsp3) is 0.750. The van der Waals surface area contributed by atoms with Crippen LogP contribution in [0.4, 0.5) is 0 Å². The van der Waals surface area contributed by atoms with Gasteiger partial charge in [0.05, 0.1) is 25.7 Å². The average Bonchev–Trinajstić information content (AvgIpc) is 2.77. The molecule has 2 rings (SSSR count). The molecule has 1 aromatic heterocycles. The van der Waals surface area contributed by atoms with Crippen molar-refractivity contribution in [3.05, 3.63) is 11.7 Å². The van der Waals surface area contributed by atoms with E-state index in [2.05, 4.69) is 15.0 Å². The van der Waals surface area contributed by atoms with Crippen LogP contribution >= 0.6 is 0 Å². The van der Waals surface area contributed by atoms with Crippen molar-refractivity contribution in [1.29, 1.82) is 0 Å². The van der Waals surface area contributed by atoms with E-state index in [1.54, 1.807) is 0 Å². The molecule has 0 radical (unpaired) electrons. The van der Waals surface area contributed by atoms with E-state index in [0.29, 0.717) is 31.4 Å². The predicted molar refractivity (Wildman–Crippen MR) is 65.7 cm³/mol. The Kier molecular flexibility index (Phi) is 4.49. The molecule has 7 nitrogen and oxygen atoms in total. The highest BCUT2D eigenvalue weighted by molar-refractivity contribution is 5.67. The van der Waals surface area contributed by atoms with Crippen LogP contribution in [0.5, 0.6) is 0 Å². The number of morpholine rings is 1. The highest BCUT2D eigenvalue weighted by Crippen LogP contribution is 2.14. The smallest absolute Gasteiger partial charge is 0.306 e. The van der Waals surface area contributed by atoms with Crippen molar-refractivity contribution in [1.82, 2.24) is 15.0 Å². The second kappa shape index (κ2) is 6.12. The number of carboxylic acids is 1. The van der Waals surface area contributed by atoms with Crippen molar-refractivity contribution in [2.24, 2.45) is 0 Å². The molecule has 0 amide bonds. The average molecular weight is 269 g/mol. The third-order valence-corrected chi connectivity index (χ3v) is 2.97. The number of aliphatic carboxylic acids is 1. The van der Waals surface area contributed by atoms with Crippen molar-refractivity contribution in [2.45, 2.75) is 38.8 Å². The number of hydrogen-bond donors (Lipinski definition) is 1. The maximum atomic E-state index is 10.7. The van der Waals surface area contributed by atoms with Gasteiger partial charge in [0.15, 0.2) is 5.82 Å². The molecule has 106 valence electrons. The van der Waals surface area contributed by atoms with Crippen molar-refractivity contribution in [2.75, 3.05) is 19.7 Å². The van der Waals surface area contributed by atoms with E-state index in [4.69, 9.17) is 14.4 Å². The van der Waals surface area contributed by atoms with Gasteiger partial charge >= 0.3 is 5.97 Å². The number of hydrogen-bond acceptors (Lipinski definition) is 6. The topological polar surface area (TPSA) is 88.7 Å². The van der Waals surface area contributed by atoms with Crippen LogP contribution in [0, 0.1) is 0 Å². The molecule has 7 heteroatoms. The summed E-state index contributed by atoms with van der Waals surface area (Å²) in [6.07, 6.45) is -0.234. The predicted octanol–water partition coefficient (Wildman–Crippen LogP) is 0.869. The van der Waals surface area contributed by atoms with Gasteiger partial charge in [-0.2, -0.15) is 4.98 Å². The lowest BCUT2D eigenvalue weighted by Crippen LogP contribution is -2.42. The first-order valence-corrected chi connectivity index (χ1v) is 6.43. The Morgan fingerprint density at radius 3 is 3.00 bits per heavy atom. The van der Waals surface area contributed by atoms with Gasteiger partial charge in [0.25, 0.3) is 0 Å². The zero-order valence-corrected chi connectivity index (χ0v) is 11.2. The quantitative estimate of drug-likeness (QED) is 0.848. The minimum atomic E-state index is -0.839. The summed E-state index contributed by atoms with van der Waals surface area (Å²) in [5.41, 5.74) is 0. The fourth-order valence-corrected chi connectivity index (χ4v) is 2.01. The first-order valence-electron chi connectivity index (χ1n) is 6.43. The molecule has 1 aromatic rings. The maximum Gasteiger partial charge on any atom is 0.306 e. The molecule has 1 unspecified atom stereocenters. The van der Waals surface area contributed by atoms with Crippen LogP contribution in [0.1, 0.15) is 37.9 Å². The Labute approximate surface area is 111 Å². The van der Waals surface area contributed by atoms with Crippen LogP contribution in [-0.2, 0) is 16.1 Å². The molecule has 1 aliphatic heterocycles. The second-order valence-electron chi connectivity index (χ2n) is 5.03. The Hall–Kier alpha value is -1.47. The molecule has 0 aliphatic carbocycles.